The van der Waals surface area contributed by atoms with E-state index in [1.807, 2.05) is 0 Å². The molecule has 0 amide bonds. The third-order valence-corrected chi connectivity index (χ3v) is 3.55. The van der Waals surface area contributed by atoms with Gasteiger partial charge in [-0.1, -0.05) is 6.42 Å². The molecular weight excluding hydrogens is 260 g/mol. The lowest BCUT2D eigenvalue weighted by Gasteiger charge is -2.28. The molecule has 6 heteroatoms. The van der Waals surface area contributed by atoms with Gasteiger partial charge in [0.1, 0.15) is 5.69 Å². The minimum Gasteiger partial charge on any atom is -0.481 e. The van der Waals surface area contributed by atoms with Crippen molar-refractivity contribution in [2.24, 2.45) is 5.92 Å². The van der Waals surface area contributed by atoms with Crippen molar-refractivity contribution >= 4 is 17.6 Å². The zero-order valence-electron chi connectivity index (χ0n) is 11.3. The van der Waals surface area contributed by atoms with Gasteiger partial charge in [-0.15, -0.1) is 0 Å². The summed E-state index contributed by atoms with van der Waals surface area (Å²) in [5, 5.41) is 12.3. The highest BCUT2D eigenvalue weighted by Crippen LogP contribution is 2.27. The van der Waals surface area contributed by atoms with Crippen molar-refractivity contribution in [2.45, 2.75) is 31.7 Å². The molecule has 0 aromatic carbocycles. The van der Waals surface area contributed by atoms with Gasteiger partial charge >= 0.3 is 11.9 Å². The first-order chi connectivity index (χ1) is 9.60. The number of carbonyl (C=O) groups excluding carboxylic acids is 1. The molecule has 1 fully saturated rings. The predicted octanol–water partition coefficient (Wildman–Crippen LogP) is 1.92. The van der Waals surface area contributed by atoms with E-state index in [1.165, 1.54) is 13.3 Å². The van der Waals surface area contributed by atoms with Crippen LogP contribution in [0.5, 0.6) is 0 Å². The number of anilines is 1. The fourth-order valence-electron chi connectivity index (χ4n) is 2.52. The number of esters is 1. The highest BCUT2D eigenvalue weighted by Gasteiger charge is 2.26. The Morgan fingerprint density at radius 3 is 2.95 bits per heavy atom. The summed E-state index contributed by atoms with van der Waals surface area (Å²) in [6, 6.07) is 3.49. The van der Waals surface area contributed by atoms with Crippen LogP contribution in [0.15, 0.2) is 18.3 Å². The number of carbonyl (C=O) groups is 2. The Balaban J connectivity index is 2.02. The molecule has 2 N–H and O–H groups in total. The van der Waals surface area contributed by atoms with Crippen LogP contribution in [0, 0.1) is 5.92 Å². The van der Waals surface area contributed by atoms with Gasteiger partial charge in [-0.2, -0.15) is 0 Å². The molecule has 0 spiro atoms. The number of hydrogen-bond acceptors (Lipinski definition) is 5. The maximum Gasteiger partial charge on any atom is 0.356 e. The quantitative estimate of drug-likeness (QED) is 0.818. The van der Waals surface area contributed by atoms with Crippen molar-refractivity contribution in [3.05, 3.63) is 24.0 Å². The fraction of sp³-hybridized carbons (Fsp3) is 0.500. The number of nitrogens with one attached hydrogen (secondary N) is 1. The summed E-state index contributed by atoms with van der Waals surface area (Å²) in [4.78, 5) is 26.4. The van der Waals surface area contributed by atoms with Gasteiger partial charge in [0.15, 0.2) is 0 Å². The molecule has 1 heterocycles. The van der Waals surface area contributed by atoms with Gasteiger partial charge < -0.3 is 15.2 Å². The number of pyridine rings is 1. The van der Waals surface area contributed by atoms with E-state index in [4.69, 9.17) is 5.11 Å². The molecular formula is C14H18N2O4. The second-order valence-electron chi connectivity index (χ2n) is 4.96. The number of rotatable bonds is 4. The third kappa shape index (κ3) is 3.46. The standard InChI is InChI=1S/C14H18N2O4/c1-20-14(19)12-8-11(5-6-15-12)16-10-4-2-3-9(7-10)13(17)18/h5-6,8-10H,2-4,7H2,1H3,(H,15,16)(H,17,18). The van der Waals surface area contributed by atoms with Gasteiger partial charge in [0.2, 0.25) is 0 Å². The molecule has 1 saturated carbocycles. The van der Waals surface area contributed by atoms with Crippen LogP contribution < -0.4 is 5.32 Å². The van der Waals surface area contributed by atoms with Crippen LogP contribution in [-0.2, 0) is 9.53 Å². The molecule has 1 aromatic rings. The van der Waals surface area contributed by atoms with Gasteiger partial charge in [0.25, 0.3) is 0 Å². The van der Waals surface area contributed by atoms with Crippen molar-refractivity contribution in [3.8, 4) is 0 Å². The van der Waals surface area contributed by atoms with Crippen LogP contribution in [0.4, 0.5) is 5.69 Å². The number of ether oxygens (including phenoxy) is 1. The molecule has 0 aliphatic heterocycles. The van der Waals surface area contributed by atoms with Crippen molar-refractivity contribution in [2.75, 3.05) is 12.4 Å². The highest BCUT2D eigenvalue weighted by molar-refractivity contribution is 5.88. The molecule has 2 rings (SSSR count). The second-order valence-corrected chi connectivity index (χ2v) is 4.96. The predicted molar refractivity (Wildman–Crippen MR) is 72.6 cm³/mol. The molecule has 2 atom stereocenters. The first kappa shape index (κ1) is 14.3. The summed E-state index contributed by atoms with van der Waals surface area (Å²) in [6.45, 7) is 0. The maximum atomic E-state index is 11.4. The van der Waals surface area contributed by atoms with Crippen LogP contribution in [-0.4, -0.2) is 35.2 Å². The summed E-state index contributed by atoms with van der Waals surface area (Å²) in [6.07, 6.45) is 4.69. The summed E-state index contributed by atoms with van der Waals surface area (Å²) in [5.74, 6) is -1.51. The van der Waals surface area contributed by atoms with E-state index >= 15 is 0 Å². The normalized spacial score (nSPS) is 22.1. The average Bonchev–Trinajstić information content (AvgIpc) is 2.47. The van der Waals surface area contributed by atoms with E-state index in [0.717, 1.165) is 24.9 Å². The molecule has 1 aliphatic carbocycles. The topological polar surface area (TPSA) is 88.5 Å². The highest BCUT2D eigenvalue weighted by atomic mass is 16.5. The van der Waals surface area contributed by atoms with E-state index in [-0.39, 0.29) is 17.7 Å². The van der Waals surface area contributed by atoms with Crippen LogP contribution in [0.25, 0.3) is 0 Å². The Bertz CT molecular complexity index is 504. The smallest absolute Gasteiger partial charge is 0.356 e. The summed E-state index contributed by atoms with van der Waals surface area (Å²) in [7, 11) is 1.31. The average molecular weight is 278 g/mol. The first-order valence-electron chi connectivity index (χ1n) is 6.64. The zero-order valence-corrected chi connectivity index (χ0v) is 11.3. The van der Waals surface area contributed by atoms with E-state index in [9.17, 15) is 9.59 Å². The maximum absolute atomic E-state index is 11.4. The van der Waals surface area contributed by atoms with Gasteiger partial charge in [0.05, 0.1) is 13.0 Å². The van der Waals surface area contributed by atoms with Crippen molar-refractivity contribution in [1.29, 1.82) is 0 Å². The molecule has 1 aliphatic rings. The Morgan fingerprint density at radius 2 is 2.25 bits per heavy atom. The lowest BCUT2D eigenvalue weighted by atomic mass is 9.85. The SMILES string of the molecule is COC(=O)c1cc(NC2CCCC(C(=O)O)C2)ccn1. The van der Waals surface area contributed by atoms with Crippen LogP contribution in [0.1, 0.15) is 36.2 Å². The number of aliphatic carboxylic acids is 1. The van der Waals surface area contributed by atoms with Crippen molar-refractivity contribution in [1.82, 2.24) is 4.98 Å². The van der Waals surface area contributed by atoms with E-state index in [2.05, 4.69) is 15.0 Å². The third-order valence-electron chi connectivity index (χ3n) is 3.55. The minimum absolute atomic E-state index is 0.109. The molecule has 1 aromatic heterocycles. The first-order valence-corrected chi connectivity index (χ1v) is 6.64. The monoisotopic (exact) mass is 278 g/mol. The second kappa shape index (κ2) is 6.36. The Hall–Kier alpha value is -2.11. The molecule has 0 bridgehead atoms. The number of carboxylic acids is 1. The molecule has 0 saturated heterocycles. The minimum atomic E-state index is -0.735. The summed E-state index contributed by atoms with van der Waals surface area (Å²) < 4.78 is 4.62. The van der Waals surface area contributed by atoms with Crippen LogP contribution in [0.3, 0.4) is 0 Å². The van der Waals surface area contributed by atoms with Gasteiger partial charge in [-0.05, 0) is 31.4 Å². The zero-order chi connectivity index (χ0) is 14.5. The van der Waals surface area contributed by atoms with E-state index in [1.54, 1.807) is 12.1 Å². The Labute approximate surface area is 117 Å². The molecule has 2 unspecified atom stereocenters. The molecule has 20 heavy (non-hydrogen) atoms. The van der Waals surface area contributed by atoms with Gasteiger partial charge in [-0.25, -0.2) is 9.78 Å². The summed E-state index contributed by atoms with van der Waals surface area (Å²) in [5.41, 5.74) is 1.000. The van der Waals surface area contributed by atoms with Crippen molar-refractivity contribution in [3.63, 3.8) is 0 Å². The van der Waals surface area contributed by atoms with Gasteiger partial charge in [0, 0.05) is 17.9 Å². The molecule has 108 valence electrons. The van der Waals surface area contributed by atoms with Crippen LogP contribution >= 0.6 is 0 Å². The Morgan fingerprint density at radius 1 is 1.45 bits per heavy atom. The number of hydrogen-bond donors (Lipinski definition) is 2. The lowest BCUT2D eigenvalue weighted by molar-refractivity contribution is -0.142. The van der Waals surface area contributed by atoms with Crippen LogP contribution in [0.2, 0.25) is 0 Å². The fourth-order valence-corrected chi connectivity index (χ4v) is 2.52. The largest absolute Gasteiger partial charge is 0.481 e. The molecule has 6 nitrogen and oxygen atoms in total. The lowest BCUT2D eigenvalue weighted by Crippen LogP contribution is -2.31. The summed E-state index contributed by atoms with van der Waals surface area (Å²) >= 11 is 0. The Kier molecular flexibility index (Phi) is 4.55. The number of aromatic nitrogens is 1. The van der Waals surface area contributed by atoms with E-state index in [0.29, 0.717) is 6.42 Å². The van der Waals surface area contributed by atoms with Gasteiger partial charge in [-0.3, -0.25) is 4.79 Å². The number of nitrogens with zero attached hydrogens (tertiary/aromatic N) is 1. The number of carboxylic acid groups (broad SMARTS) is 1. The molecule has 0 radical (unpaired) electrons. The number of methoxy groups -OCH3 is 1. The van der Waals surface area contributed by atoms with Crippen molar-refractivity contribution < 1.29 is 19.4 Å². The van der Waals surface area contributed by atoms with E-state index < -0.39 is 11.9 Å².